The minimum Gasteiger partial charge on any atom is -0.385 e. The number of benzene rings is 1. The lowest BCUT2D eigenvalue weighted by molar-refractivity contribution is 0.180. The van der Waals surface area contributed by atoms with Gasteiger partial charge in [-0.25, -0.2) is 4.99 Å². The SMILES string of the molecule is CCNC(=NCc1cccc(Cn2cccn2)c1)NCCN(C)CCCOC. The molecule has 1 heterocycles. The maximum atomic E-state index is 5.10. The highest BCUT2D eigenvalue weighted by atomic mass is 16.5. The smallest absolute Gasteiger partial charge is 0.191 e. The standard InChI is InChI=1S/C21H34N6O/c1-4-22-21(23-11-14-26(2)12-7-15-28-3)24-17-19-8-5-9-20(16-19)18-27-13-6-10-25-27/h5-6,8-10,13,16H,4,7,11-12,14-15,17-18H2,1-3H3,(H2,22,23,24). The van der Waals surface area contributed by atoms with Crippen LogP contribution in [-0.4, -0.2) is 67.6 Å². The first-order valence-corrected chi connectivity index (χ1v) is 9.96. The average molecular weight is 387 g/mol. The number of rotatable bonds is 12. The van der Waals surface area contributed by atoms with E-state index in [0.717, 1.165) is 51.7 Å². The molecule has 0 amide bonds. The highest BCUT2D eigenvalue weighted by Crippen LogP contribution is 2.08. The van der Waals surface area contributed by atoms with E-state index in [9.17, 15) is 0 Å². The van der Waals surface area contributed by atoms with Crippen LogP contribution in [0, 0.1) is 0 Å². The van der Waals surface area contributed by atoms with Gasteiger partial charge in [-0.2, -0.15) is 5.10 Å². The number of hydrogen-bond donors (Lipinski definition) is 2. The van der Waals surface area contributed by atoms with Crippen molar-refractivity contribution in [3.63, 3.8) is 0 Å². The zero-order chi connectivity index (χ0) is 20.0. The van der Waals surface area contributed by atoms with E-state index in [1.807, 2.05) is 16.9 Å². The summed E-state index contributed by atoms with van der Waals surface area (Å²) in [6.45, 7) is 8.01. The first-order valence-electron chi connectivity index (χ1n) is 9.96. The average Bonchev–Trinajstić information content (AvgIpc) is 3.19. The number of guanidine groups is 1. The molecule has 1 aromatic carbocycles. The minimum atomic E-state index is 0.645. The topological polar surface area (TPSA) is 66.7 Å². The maximum Gasteiger partial charge on any atom is 0.191 e. The number of methoxy groups -OCH3 is 1. The summed E-state index contributed by atoms with van der Waals surface area (Å²) < 4.78 is 7.03. The quantitative estimate of drug-likeness (QED) is 0.332. The molecule has 7 heteroatoms. The van der Waals surface area contributed by atoms with Crippen molar-refractivity contribution in [3.05, 3.63) is 53.9 Å². The molecule has 2 N–H and O–H groups in total. The van der Waals surface area contributed by atoms with Crippen LogP contribution in [0.4, 0.5) is 0 Å². The lowest BCUT2D eigenvalue weighted by atomic mass is 10.1. The van der Waals surface area contributed by atoms with Crippen LogP contribution in [0.2, 0.25) is 0 Å². The van der Waals surface area contributed by atoms with Crippen LogP contribution in [0.1, 0.15) is 24.5 Å². The Balaban J connectivity index is 1.82. The fourth-order valence-electron chi connectivity index (χ4n) is 2.88. The predicted molar refractivity (Wildman–Crippen MR) is 115 cm³/mol. The molecule has 0 aliphatic carbocycles. The van der Waals surface area contributed by atoms with Gasteiger partial charge >= 0.3 is 0 Å². The Morgan fingerprint density at radius 3 is 2.82 bits per heavy atom. The molecule has 0 radical (unpaired) electrons. The molecule has 0 atom stereocenters. The van der Waals surface area contributed by atoms with Gasteiger partial charge in [0.25, 0.3) is 0 Å². The molecule has 2 rings (SSSR count). The van der Waals surface area contributed by atoms with E-state index in [2.05, 4.69) is 58.9 Å². The lowest BCUT2D eigenvalue weighted by Gasteiger charge is -2.18. The van der Waals surface area contributed by atoms with Gasteiger partial charge in [-0.05, 0) is 37.6 Å². The fraction of sp³-hybridized carbons (Fsp3) is 0.524. The fourth-order valence-corrected chi connectivity index (χ4v) is 2.88. The van der Waals surface area contributed by atoms with Crippen molar-refractivity contribution >= 4 is 5.96 Å². The van der Waals surface area contributed by atoms with E-state index < -0.39 is 0 Å². The van der Waals surface area contributed by atoms with Crippen molar-refractivity contribution in [1.82, 2.24) is 25.3 Å². The number of nitrogens with zero attached hydrogens (tertiary/aromatic N) is 4. The molecular weight excluding hydrogens is 352 g/mol. The van der Waals surface area contributed by atoms with Gasteiger partial charge < -0.3 is 20.3 Å². The highest BCUT2D eigenvalue weighted by Gasteiger charge is 2.02. The third-order valence-corrected chi connectivity index (χ3v) is 4.33. The summed E-state index contributed by atoms with van der Waals surface area (Å²) in [6.07, 6.45) is 4.83. The molecule has 0 unspecified atom stereocenters. The van der Waals surface area contributed by atoms with Crippen LogP contribution in [-0.2, 0) is 17.8 Å². The second-order valence-electron chi connectivity index (χ2n) is 6.80. The van der Waals surface area contributed by atoms with Gasteiger partial charge in [-0.15, -0.1) is 0 Å². The molecule has 0 aliphatic rings. The highest BCUT2D eigenvalue weighted by molar-refractivity contribution is 5.79. The molecule has 1 aromatic heterocycles. The van der Waals surface area contributed by atoms with Crippen molar-refractivity contribution in [3.8, 4) is 0 Å². The third kappa shape index (κ3) is 8.54. The molecule has 0 spiro atoms. The summed E-state index contributed by atoms with van der Waals surface area (Å²) in [5, 5.41) is 11.0. The van der Waals surface area contributed by atoms with Crippen LogP contribution in [0.15, 0.2) is 47.7 Å². The van der Waals surface area contributed by atoms with Gasteiger partial charge in [0.05, 0.1) is 13.1 Å². The first kappa shape index (κ1) is 21.9. The van der Waals surface area contributed by atoms with Gasteiger partial charge in [0.1, 0.15) is 0 Å². The van der Waals surface area contributed by atoms with Crippen LogP contribution in [0.3, 0.4) is 0 Å². The Kier molecular flexibility index (Phi) is 10.1. The van der Waals surface area contributed by atoms with Gasteiger partial charge in [-0.1, -0.05) is 24.3 Å². The summed E-state index contributed by atoms with van der Waals surface area (Å²) in [7, 11) is 3.88. The second kappa shape index (κ2) is 12.9. The number of aliphatic imine (C=N–C) groups is 1. The van der Waals surface area contributed by atoms with Crippen molar-refractivity contribution in [2.75, 3.05) is 46.9 Å². The number of hydrogen-bond acceptors (Lipinski definition) is 4. The maximum absolute atomic E-state index is 5.10. The number of ether oxygens (including phenoxy) is 1. The van der Waals surface area contributed by atoms with E-state index in [4.69, 9.17) is 9.73 Å². The van der Waals surface area contributed by atoms with Gasteiger partial charge in [0, 0.05) is 52.3 Å². The summed E-state index contributed by atoms with van der Waals surface area (Å²) in [5.74, 6) is 0.852. The molecule has 0 saturated carbocycles. The minimum absolute atomic E-state index is 0.645. The van der Waals surface area contributed by atoms with Crippen molar-refractivity contribution in [2.24, 2.45) is 4.99 Å². The molecule has 0 aliphatic heterocycles. The molecule has 2 aromatic rings. The van der Waals surface area contributed by atoms with Crippen molar-refractivity contribution in [1.29, 1.82) is 0 Å². The predicted octanol–water partition coefficient (Wildman–Crippen LogP) is 1.95. The molecule has 154 valence electrons. The third-order valence-electron chi connectivity index (χ3n) is 4.33. The Morgan fingerprint density at radius 2 is 2.07 bits per heavy atom. The Morgan fingerprint density at radius 1 is 1.21 bits per heavy atom. The summed E-state index contributed by atoms with van der Waals surface area (Å²) in [5.41, 5.74) is 2.42. The lowest BCUT2D eigenvalue weighted by Crippen LogP contribution is -2.41. The largest absolute Gasteiger partial charge is 0.385 e. The Hall–Kier alpha value is -2.38. The second-order valence-corrected chi connectivity index (χ2v) is 6.80. The Bertz CT molecular complexity index is 686. The van der Waals surface area contributed by atoms with E-state index in [-0.39, 0.29) is 0 Å². The molecule has 0 bridgehead atoms. The van der Waals surface area contributed by atoms with E-state index in [1.165, 1.54) is 11.1 Å². The molecule has 28 heavy (non-hydrogen) atoms. The normalized spacial score (nSPS) is 11.8. The number of nitrogens with one attached hydrogen (secondary N) is 2. The van der Waals surface area contributed by atoms with Crippen molar-refractivity contribution in [2.45, 2.75) is 26.4 Å². The molecule has 0 fully saturated rings. The van der Waals surface area contributed by atoms with E-state index >= 15 is 0 Å². The summed E-state index contributed by atoms with van der Waals surface area (Å²) >= 11 is 0. The summed E-state index contributed by atoms with van der Waals surface area (Å²) in [6, 6.07) is 10.5. The number of likely N-dealkylation sites (N-methyl/N-ethyl adjacent to an activating group) is 1. The zero-order valence-corrected chi connectivity index (χ0v) is 17.4. The van der Waals surface area contributed by atoms with Gasteiger partial charge in [0.15, 0.2) is 5.96 Å². The molecule has 7 nitrogen and oxygen atoms in total. The van der Waals surface area contributed by atoms with Crippen LogP contribution in [0.5, 0.6) is 0 Å². The van der Waals surface area contributed by atoms with Crippen molar-refractivity contribution < 1.29 is 4.74 Å². The van der Waals surface area contributed by atoms with E-state index in [1.54, 1.807) is 13.3 Å². The monoisotopic (exact) mass is 386 g/mol. The zero-order valence-electron chi connectivity index (χ0n) is 17.4. The molecular formula is C21H34N6O. The number of aromatic nitrogens is 2. The van der Waals surface area contributed by atoms with Crippen LogP contribution < -0.4 is 10.6 Å². The van der Waals surface area contributed by atoms with E-state index in [0.29, 0.717) is 6.54 Å². The Labute approximate surface area is 168 Å². The summed E-state index contributed by atoms with van der Waals surface area (Å²) in [4.78, 5) is 7.03. The van der Waals surface area contributed by atoms with Gasteiger partial charge in [0.2, 0.25) is 0 Å². The first-order chi connectivity index (χ1) is 13.7. The molecule has 0 saturated heterocycles. The van der Waals surface area contributed by atoms with Crippen LogP contribution in [0.25, 0.3) is 0 Å². The van der Waals surface area contributed by atoms with Gasteiger partial charge in [-0.3, -0.25) is 4.68 Å². The van der Waals surface area contributed by atoms with Crippen LogP contribution >= 0.6 is 0 Å².